The number of nitrogen functional groups attached to an aromatic ring is 2. The topological polar surface area (TPSA) is 78.3 Å². The fourth-order valence-electron chi connectivity index (χ4n) is 1.13. The van der Waals surface area contributed by atoms with Crippen LogP contribution in [0.1, 0.15) is 30.6 Å². The molecule has 4 N–H and O–H groups in total. The lowest BCUT2D eigenvalue weighted by atomic mass is 10.2. The van der Waals surface area contributed by atoms with Crippen molar-refractivity contribution in [1.29, 1.82) is 0 Å². The van der Waals surface area contributed by atoms with Crippen molar-refractivity contribution >= 4 is 17.3 Å². The zero-order valence-corrected chi connectivity index (χ0v) is 8.99. The van der Waals surface area contributed by atoms with E-state index in [2.05, 4.69) is 0 Å². The molecule has 4 heteroatoms. The van der Waals surface area contributed by atoms with Crippen molar-refractivity contribution in [3.63, 3.8) is 0 Å². The van der Waals surface area contributed by atoms with Crippen LogP contribution in [0.15, 0.2) is 18.2 Å². The first-order chi connectivity index (χ1) is 7.02. The lowest BCUT2D eigenvalue weighted by Crippen LogP contribution is -2.14. The van der Waals surface area contributed by atoms with Gasteiger partial charge in [0.05, 0.1) is 11.7 Å². The third-order valence-electron chi connectivity index (χ3n) is 2.10. The summed E-state index contributed by atoms with van der Waals surface area (Å²) in [6.07, 6.45) is 0.684. The predicted octanol–water partition coefficient (Wildman–Crippen LogP) is 1.81. The second kappa shape index (κ2) is 4.68. The van der Waals surface area contributed by atoms with Crippen molar-refractivity contribution in [3.05, 3.63) is 23.8 Å². The van der Waals surface area contributed by atoms with E-state index in [9.17, 15) is 4.79 Å². The summed E-state index contributed by atoms with van der Waals surface area (Å²) in [5.41, 5.74) is 12.5. The number of hydrogen-bond donors (Lipinski definition) is 2. The molecule has 82 valence electrons. The SMILES string of the molecule is CCC(C)OC(=O)c1cc(N)cc(N)c1. The highest BCUT2D eigenvalue weighted by atomic mass is 16.5. The highest BCUT2D eigenvalue weighted by Crippen LogP contribution is 2.15. The zero-order valence-electron chi connectivity index (χ0n) is 8.99. The standard InChI is InChI=1S/C11H16N2O2/c1-3-7(2)15-11(14)8-4-9(12)6-10(13)5-8/h4-7H,3,12-13H2,1-2H3. The van der Waals surface area contributed by atoms with E-state index in [-0.39, 0.29) is 12.1 Å². The summed E-state index contributed by atoms with van der Waals surface area (Å²) < 4.78 is 5.15. The Labute approximate surface area is 89.2 Å². The molecular weight excluding hydrogens is 192 g/mol. The van der Waals surface area contributed by atoms with Crippen LogP contribution in [-0.4, -0.2) is 12.1 Å². The lowest BCUT2D eigenvalue weighted by molar-refractivity contribution is 0.0334. The van der Waals surface area contributed by atoms with Gasteiger partial charge in [-0.25, -0.2) is 4.79 Å². The number of anilines is 2. The monoisotopic (exact) mass is 208 g/mol. The molecular formula is C11H16N2O2. The second-order valence-electron chi connectivity index (χ2n) is 3.51. The van der Waals surface area contributed by atoms with Crippen LogP contribution < -0.4 is 11.5 Å². The van der Waals surface area contributed by atoms with Gasteiger partial charge in [0.15, 0.2) is 0 Å². The third-order valence-corrected chi connectivity index (χ3v) is 2.10. The Morgan fingerprint density at radius 1 is 1.33 bits per heavy atom. The van der Waals surface area contributed by atoms with Crippen molar-refractivity contribution in [1.82, 2.24) is 0 Å². The molecule has 0 spiro atoms. The number of nitrogens with two attached hydrogens (primary N) is 2. The Balaban J connectivity index is 2.82. The number of esters is 1. The smallest absolute Gasteiger partial charge is 0.338 e. The summed E-state index contributed by atoms with van der Waals surface area (Å²) in [6, 6.07) is 4.71. The van der Waals surface area contributed by atoms with Gasteiger partial charge in [0.25, 0.3) is 0 Å². The average molecular weight is 208 g/mol. The largest absolute Gasteiger partial charge is 0.459 e. The molecule has 0 aliphatic heterocycles. The summed E-state index contributed by atoms with van der Waals surface area (Å²) in [4.78, 5) is 11.6. The highest BCUT2D eigenvalue weighted by Gasteiger charge is 2.11. The predicted molar refractivity (Wildman–Crippen MR) is 60.4 cm³/mol. The van der Waals surface area contributed by atoms with E-state index in [4.69, 9.17) is 16.2 Å². The Kier molecular flexibility index (Phi) is 3.55. The number of benzene rings is 1. The molecule has 4 nitrogen and oxygen atoms in total. The first-order valence-electron chi connectivity index (χ1n) is 4.90. The van der Waals surface area contributed by atoms with E-state index in [0.29, 0.717) is 16.9 Å². The molecule has 0 saturated carbocycles. The van der Waals surface area contributed by atoms with Crippen molar-refractivity contribution in [2.24, 2.45) is 0 Å². The van der Waals surface area contributed by atoms with Gasteiger partial charge < -0.3 is 16.2 Å². The van der Waals surface area contributed by atoms with E-state index in [1.807, 2.05) is 13.8 Å². The maximum absolute atomic E-state index is 11.6. The van der Waals surface area contributed by atoms with Gasteiger partial charge in [-0.1, -0.05) is 6.92 Å². The van der Waals surface area contributed by atoms with Crippen LogP contribution in [0.5, 0.6) is 0 Å². The van der Waals surface area contributed by atoms with Gasteiger partial charge >= 0.3 is 5.97 Å². The summed E-state index contributed by atoms with van der Waals surface area (Å²) >= 11 is 0. The molecule has 0 aliphatic rings. The second-order valence-corrected chi connectivity index (χ2v) is 3.51. The van der Waals surface area contributed by atoms with Gasteiger partial charge in [-0.05, 0) is 31.5 Å². The molecule has 1 rings (SSSR count). The first kappa shape index (κ1) is 11.4. The minimum absolute atomic E-state index is 0.0971. The summed E-state index contributed by atoms with van der Waals surface area (Å²) in [5.74, 6) is -0.386. The van der Waals surface area contributed by atoms with Gasteiger partial charge in [0.2, 0.25) is 0 Å². The molecule has 0 heterocycles. The van der Waals surface area contributed by atoms with Gasteiger partial charge in [-0.3, -0.25) is 0 Å². The summed E-state index contributed by atoms with van der Waals surface area (Å²) in [7, 11) is 0. The molecule has 0 saturated heterocycles. The van der Waals surface area contributed by atoms with Gasteiger partial charge in [0, 0.05) is 11.4 Å². The van der Waals surface area contributed by atoms with Crippen molar-refractivity contribution < 1.29 is 9.53 Å². The number of rotatable bonds is 3. The molecule has 15 heavy (non-hydrogen) atoms. The fourth-order valence-corrected chi connectivity index (χ4v) is 1.13. The Morgan fingerprint density at radius 2 is 1.87 bits per heavy atom. The number of hydrogen-bond acceptors (Lipinski definition) is 4. The van der Waals surface area contributed by atoms with E-state index in [1.165, 1.54) is 0 Å². The maximum Gasteiger partial charge on any atom is 0.338 e. The molecule has 0 fully saturated rings. The quantitative estimate of drug-likeness (QED) is 0.586. The number of carbonyl (C=O) groups excluding carboxylic acids is 1. The van der Waals surface area contributed by atoms with Crippen LogP contribution in [0.25, 0.3) is 0 Å². The molecule has 0 aromatic heterocycles. The molecule has 1 atom stereocenters. The minimum Gasteiger partial charge on any atom is -0.459 e. The van der Waals surface area contributed by atoms with Crippen molar-refractivity contribution in [2.45, 2.75) is 26.4 Å². The Morgan fingerprint density at radius 3 is 2.33 bits per heavy atom. The fraction of sp³-hybridized carbons (Fsp3) is 0.364. The lowest BCUT2D eigenvalue weighted by Gasteiger charge is -2.11. The van der Waals surface area contributed by atoms with Crippen molar-refractivity contribution in [2.75, 3.05) is 11.5 Å². The van der Waals surface area contributed by atoms with Gasteiger partial charge in [0.1, 0.15) is 0 Å². The molecule has 0 radical (unpaired) electrons. The van der Waals surface area contributed by atoms with Gasteiger partial charge in [-0.15, -0.1) is 0 Å². The zero-order chi connectivity index (χ0) is 11.4. The Hall–Kier alpha value is -1.71. The number of carbonyl (C=O) groups is 1. The van der Waals surface area contributed by atoms with Crippen LogP contribution in [0, 0.1) is 0 Å². The molecule has 0 bridgehead atoms. The maximum atomic E-state index is 11.6. The highest BCUT2D eigenvalue weighted by molar-refractivity contribution is 5.91. The van der Waals surface area contributed by atoms with E-state index in [0.717, 1.165) is 6.42 Å². The van der Waals surface area contributed by atoms with E-state index in [1.54, 1.807) is 18.2 Å². The van der Waals surface area contributed by atoms with Crippen LogP contribution in [0.3, 0.4) is 0 Å². The molecule has 1 unspecified atom stereocenters. The summed E-state index contributed by atoms with van der Waals surface area (Å²) in [6.45, 7) is 3.79. The normalized spacial score (nSPS) is 12.1. The van der Waals surface area contributed by atoms with Gasteiger partial charge in [-0.2, -0.15) is 0 Å². The summed E-state index contributed by atoms with van der Waals surface area (Å²) in [5, 5.41) is 0. The molecule has 1 aromatic carbocycles. The first-order valence-corrected chi connectivity index (χ1v) is 4.90. The Bertz CT molecular complexity index is 343. The van der Waals surface area contributed by atoms with Crippen LogP contribution in [0.4, 0.5) is 11.4 Å². The minimum atomic E-state index is -0.386. The number of ether oxygens (including phenoxy) is 1. The van der Waals surface area contributed by atoms with Crippen LogP contribution in [0.2, 0.25) is 0 Å². The van der Waals surface area contributed by atoms with E-state index >= 15 is 0 Å². The molecule has 0 amide bonds. The van der Waals surface area contributed by atoms with Crippen LogP contribution in [-0.2, 0) is 4.74 Å². The average Bonchev–Trinajstić information content (AvgIpc) is 2.16. The van der Waals surface area contributed by atoms with Crippen molar-refractivity contribution in [3.8, 4) is 0 Å². The molecule has 0 aliphatic carbocycles. The molecule has 1 aromatic rings. The van der Waals surface area contributed by atoms with Crippen LogP contribution >= 0.6 is 0 Å². The third kappa shape index (κ3) is 3.16. The van der Waals surface area contributed by atoms with E-state index < -0.39 is 0 Å².